The minimum Gasteiger partial charge on any atom is -0.314 e. The molecule has 1 aliphatic carbocycles. The molecule has 1 nitrogen and oxygen atoms in total. The van der Waals surface area contributed by atoms with Crippen LogP contribution in [-0.4, -0.2) is 12.6 Å². The van der Waals surface area contributed by atoms with E-state index in [9.17, 15) is 0 Å². The molecule has 0 spiro atoms. The predicted octanol–water partition coefficient (Wildman–Crippen LogP) is 4.83. The highest BCUT2D eigenvalue weighted by molar-refractivity contribution is 6.30. The van der Waals surface area contributed by atoms with Crippen LogP contribution >= 0.6 is 11.6 Å². The summed E-state index contributed by atoms with van der Waals surface area (Å²) < 4.78 is 0. The van der Waals surface area contributed by atoms with Crippen LogP contribution in [-0.2, 0) is 6.42 Å². The largest absolute Gasteiger partial charge is 0.314 e. The van der Waals surface area contributed by atoms with Crippen LogP contribution in [0.1, 0.15) is 51.0 Å². The molecule has 1 unspecified atom stereocenters. The molecule has 106 valence electrons. The van der Waals surface area contributed by atoms with Crippen molar-refractivity contribution in [3.05, 3.63) is 34.9 Å². The fourth-order valence-corrected chi connectivity index (χ4v) is 3.51. The van der Waals surface area contributed by atoms with Crippen LogP contribution in [0, 0.1) is 5.92 Å². The highest BCUT2D eigenvalue weighted by atomic mass is 35.5. The van der Waals surface area contributed by atoms with Gasteiger partial charge in [-0.2, -0.15) is 0 Å². The van der Waals surface area contributed by atoms with Gasteiger partial charge in [-0.25, -0.2) is 0 Å². The number of halogens is 1. The molecule has 0 saturated heterocycles. The Hall–Kier alpha value is -0.530. The van der Waals surface area contributed by atoms with Crippen molar-refractivity contribution >= 4 is 11.6 Å². The molecule has 0 heterocycles. The average molecular weight is 280 g/mol. The van der Waals surface area contributed by atoms with Crippen molar-refractivity contribution in [3.8, 4) is 0 Å². The van der Waals surface area contributed by atoms with Crippen molar-refractivity contribution < 1.29 is 0 Å². The molecule has 1 atom stereocenters. The van der Waals surface area contributed by atoms with Crippen molar-refractivity contribution in [1.29, 1.82) is 0 Å². The van der Waals surface area contributed by atoms with E-state index >= 15 is 0 Å². The second-order valence-electron chi connectivity index (χ2n) is 5.83. The highest BCUT2D eigenvalue weighted by Crippen LogP contribution is 2.28. The zero-order valence-corrected chi connectivity index (χ0v) is 12.8. The van der Waals surface area contributed by atoms with Crippen molar-refractivity contribution in [2.24, 2.45) is 5.92 Å². The maximum Gasteiger partial charge on any atom is 0.0408 e. The lowest BCUT2D eigenvalue weighted by Crippen LogP contribution is -2.33. The molecule has 1 N–H and O–H groups in total. The number of rotatable bonds is 6. The topological polar surface area (TPSA) is 12.0 Å². The Morgan fingerprint density at radius 2 is 2.05 bits per heavy atom. The monoisotopic (exact) mass is 279 g/mol. The predicted molar refractivity (Wildman–Crippen MR) is 83.8 cm³/mol. The van der Waals surface area contributed by atoms with Gasteiger partial charge in [-0.05, 0) is 43.0 Å². The zero-order chi connectivity index (χ0) is 13.5. The maximum atomic E-state index is 6.08. The SMILES string of the molecule is CCNC(Cc1cccc(Cl)c1)CC1CCCCC1. The van der Waals surface area contributed by atoms with Crippen molar-refractivity contribution in [1.82, 2.24) is 5.32 Å². The summed E-state index contributed by atoms with van der Waals surface area (Å²) in [5, 5.41) is 4.51. The van der Waals surface area contributed by atoms with E-state index in [0.29, 0.717) is 6.04 Å². The van der Waals surface area contributed by atoms with E-state index in [0.717, 1.165) is 23.9 Å². The zero-order valence-electron chi connectivity index (χ0n) is 12.0. The van der Waals surface area contributed by atoms with Gasteiger partial charge in [-0.15, -0.1) is 0 Å². The Labute approximate surface area is 122 Å². The first-order valence-electron chi connectivity index (χ1n) is 7.75. The Balaban J connectivity index is 1.91. The number of likely N-dealkylation sites (N-methyl/N-ethyl adjacent to an activating group) is 1. The third-order valence-electron chi connectivity index (χ3n) is 4.21. The van der Waals surface area contributed by atoms with Gasteiger partial charge in [0.2, 0.25) is 0 Å². The fraction of sp³-hybridized carbons (Fsp3) is 0.647. The molecule has 1 fully saturated rings. The van der Waals surface area contributed by atoms with Crippen molar-refractivity contribution in [2.75, 3.05) is 6.54 Å². The van der Waals surface area contributed by atoms with Crippen molar-refractivity contribution in [2.45, 2.75) is 57.9 Å². The molecule has 2 rings (SSSR count). The quantitative estimate of drug-likeness (QED) is 0.786. The molecule has 1 aromatic rings. The van der Waals surface area contributed by atoms with Crippen molar-refractivity contribution in [3.63, 3.8) is 0 Å². The molecular formula is C17H26ClN. The van der Waals surface area contributed by atoms with E-state index in [4.69, 9.17) is 11.6 Å². The fourth-order valence-electron chi connectivity index (χ4n) is 3.30. The van der Waals surface area contributed by atoms with Gasteiger partial charge in [0.05, 0.1) is 0 Å². The van der Waals surface area contributed by atoms with Crippen LogP contribution in [0.3, 0.4) is 0 Å². The second-order valence-corrected chi connectivity index (χ2v) is 6.26. The summed E-state index contributed by atoms with van der Waals surface area (Å²) in [4.78, 5) is 0. The molecule has 0 aromatic heterocycles. The molecule has 0 radical (unpaired) electrons. The molecule has 0 bridgehead atoms. The molecule has 1 aliphatic rings. The number of benzene rings is 1. The minimum absolute atomic E-state index is 0.603. The van der Waals surface area contributed by atoms with E-state index in [1.54, 1.807) is 0 Å². The van der Waals surface area contributed by atoms with Gasteiger partial charge in [-0.3, -0.25) is 0 Å². The Bertz CT molecular complexity index is 371. The first-order chi connectivity index (χ1) is 9.28. The first-order valence-corrected chi connectivity index (χ1v) is 8.13. The van der Waals surface area contributed by atoms with Gasteiger partial charge in [0.25, 0.3) is 0 Å². The Morgan fingerprint density at radius 1 is 1.26 bits per heavy atom. The second kappa shape index (κ2) is 7.91. The first kappa shape index (κ1) is 14.9. The molecule has 19 heavy (non-hydrogen) atoms. The molecule has 0 amide bonds. The van der Waals surface area contributed by atoms with Gasteiger partial charge in [0, 0.05) is 11.1 Å². The van der Waals surface area contributed by atoms with Crippen LogP contribution in [0.4, 0.5) is 0 Å². The third-order valence-corrected chi connectivity index (χ3v) is 4.44. The van der Waals surface area contributed by atoms with Crippen LogP contribution in [0.25, 0.3) is 0 Å². The molecule has 1 saturated carbocycles. The van der Waals surface area contributed by atoms with E-state index in [1.807, 2.05) is 6.07 Å². The van der Waals surface area contributed by atoms with Crippen LogP contribution in [0.5, 0.6) is 0 Å². The van der Waals surface area contributed by atoms with Crippen LogP contribution in [0.15, 0.2) is 24.3 Å². The summed E-state index contributed by atoms with van der Waals surface area (Å²) in [5.41, 5.74) is 1.36. The van der Waals surface area contributed by atoms with Gasteiger partial charge >= 0.3 is 0 Å². The Kier molecular flexibility index (Phi) is 6.19. The van der Waals surface area contributed by atoms with Gasteiger partial charge in [0.15, 0.2) is 0 Å². The normalized spacial score (nSPS) is 18.4. The summed E-state index contributed by atoms with van der Waals surface area (Å²) in [6.45, 7) is 3.25. The Morgan fingerprint density at radius 3 is 2.74 bits per heavy atom. The minimum atomic E-state index is 0.603. The summed E-state index contributed by atoms with van der Waals surface area (Å²) in [6.07, 6.45) is 9.58. The van der Waals surface area contributed by atoms with Gasteiger partial charge in [0.1, 0.15) is 0 Å². The number of hydrogen-bond donors (Lipinski definition) is 1. The standard InChI is InChI=1S/C17H26ClN/c1-2-19-17(12-14-7-4-3-5-8-14)13-15-9-6-10-16(18)11-15/h6,9-11,14,17,19H,2-5,7-8,12-13H2,1H3. The van der Waals surface area contributed by atoms with Gasteiger partial charge < -0.3 is 5.32 Å². The van der Waals surface area contributed by atoms with E-state index in [2.05, 4.69) is 30.4 Å². The molecule has 2 heteroatoms. The average Bonchev–Trinajstić information content (AvgIpc) is 2.40. The lowest BCUT2D eigenvalue weighted by molar-refractivity contribution is 0.298. The molecule has 0 aliphatic heterocycles. The summed E-state index contributed by atoms with van der Waals surface area (Å²) in [7, 11) is 0. The third kappa shape index (κ3) is 5.16. The number of nitrogens with one attached hydrogen (secondary N) is 1. The molecule has 1 aromatic carbocycles. The summed E-state index contributed by atoms with van der Waals surface area (Å²) in [5.74, 6) is 0.928. The van der Waals surface area contributed by atoms with E-state index in [1.165, 1.54) is 44.1 Å². The summed E-state index contributed by atoms with van der Waals surface area (Å²) in [6, 6.07) is 8.91. The smallest absolute Gasteiger partial charge is 0.0408 e. The van der Waals surface area contributed by atoms with Crippen LogP contribution < -0.4 is 5.32 Å². The highest BCUT2D eigenvalue weighted by Gasteiger charge is 2.18. The number of hydrogen-bond acceptors (Lipinski definition) is 1. The summed E-state index contributed by atoms with van der Waals surface area (Å²) >= 11 is 6.08. The van der Waals surface area contributed by atoms with E-state index < -0.39 is 0 Å². The van der Waals surface area contributed by atoms with Gasteiger partial charge in [-0.1, -0.05) is 62.8 Å². The lowest BCUT2D eigenvalue weighted by Gasteiger charge is -2.27. The lowest BCUT2D eigenvalue weighted by atomic mass is 9.83. The van der Waals surface area contributed by atoms with E-state index in [-0.39, 0.29) is 0 Å². The maximum absolute atomic E-state index is 6.08. The molecular weight excluding hydrogens is 254 g/mol. The van der Waals surface area contributed by atoms with Crippen LogP contribution in [0.2, 0.25) is 5.02 Å².